The molecular weight excluding hydrogens is 416 g/mol. The minimum Gasteiger partial charge on any atom is -0.352 e. The van der Waals surface area contributed by atoms with Crippen molar-refractivity contribution in [2.45, 2.75) is 58.5 Å². The van der Waals surface area contributed by atoms with Crippen LogP contribution in [0.15, 0.2) is 48.5 Å². The Balaban J connectivity index is 2.06. The molecule has 1 N–H and O–H groups in total. The minimum atomic E-state index is -0.538. The van der Waals surface area contributed by atoms with E-state index >= 15 is 0 Å². The van der Waals surface area contributed by atoms with Crippen molar-refractivity contribution >= 4 is 35.2 Å². The zero-order valence-corrected chi connectivity index (χ0v) is 19.7. The molecule has 2 amide bonds. The molecule has 0 saturated heterocycles. The van der Waals surface area contributed by atoms with Crippen LogP contribution in [0.4, 0.5) is 0 Å². The molecule has 4 nitrogen and oxygen atoms in total. The van der Waals surface area contributed by atoms with Crippen molar-refractivity contribution in [2.75, 3.05) is 5.75 Å². The summed E-state index contributed by atoms with van der Waals surface area (Å²) in [5.41, 5.74) is 3.29. The smallest absolute Gasteiger partial charge is 0.242 e. The van der Waals surface area contributed by atoms with E-state index < -0.39 is 6.04 Å². The molecule has 2 rings (SSSR count). The summed E-state index contributed by atoms with van der Waals surface area (Å²) < 4.78 is 0. The highest BCUT2D eigenvalue weighted by Gasteiger charge is 2.26. The number of benzene rings is 2. The molecular formula is C24H31ClN2O2S. The molecule has 2 aromatic carbocycles. The van der Waals surface area contributed by atoms with E-state index in [-0.39, 0.29) is 17.9 Å². The highest BCUT2D eigenvalue weighted by molar-refractivity contribution is 7.99. The minimum absolute atomic E-state index is 0.0404. The van der Waals surface area contributed by atoms with Crippen molar-refractivity contribution in [3.63, 3.8) is 0 Å². The van der Waals surface area contributed by atoms with Crippen molar-refractivity contribution < 1.29 is 9.59 Å². The number of halogens is 1. The van der Waals surface area contributed by atoms with Gasteiger partial charge in [0, 0.05) is 23.4 Å². The molecule has 0 radical (unpaired) electrons. The van der Waals surface area contributed by atoms with Crippen LogP contribution >= 0.6 is 23.4 Å². The maximum Gasteiger partial charge on any atom is 0.242 e. The third-order valence-electron chi connectivity index (χ3n) is 5.05. The molecule has 6 heteroatoms. The van der Waals surface area contributed by atoms with Crippen molar-refractivity contribution in [2.24, 2.45) is 0 Å². The van der Waals surface area contributed by atoms with E-state index in [1.807, 2.05) is 69.3 Å². The van der Waals surface area contributed by atoms with Crippen LogP contribution in [-0.2, 0) is 21.9 Å². The molecule has 2 atom stereocenters. The lowest BCUT2D eigenvalue weighted by atomic mass is 10.1. The first kappa shape index (κ1) is 24.3. The second kappa shape index (κ2) is 12.0. The predicted molar refractivity (Wildman–Crippen MR) is 127 cm³/mol. The molecule has 0 aliphatic rings. The summed E-state index contributed by atoms with van der Waals surface area (Å²) in [6.45, 7) is 8.24. The van der Waals surface area contributed by atoms with Crippen LogP contribution < -0.4 is 5.32 Å². The summed E-state index contributed by atoms with van der Waals surface area (Å²) in [4.78, 5) is 27.4. The van der Waals surface area contributed by atoms with Gasteiger partial charge in [-0.3, -0.25) is 9.59 Å². The van der Waals surface area contributed by atoms with E-state index in [1.54, 1.807) is 23.6 Å². The first-order valence-corrected chi connectivity index (χ1v) is 11.8. The van der Waals surface area contributed by atoms with E-state index in [2.05, 4.69) is 5.32 Å². The summed E-state index contributed by atoms with van der Waals surface area (Å²) in [7, 11) is 0. The normalized spacial score (nSPS) is 12.8. The monoisotopic (exact) mass is 446 g/mol. The van der Waals surface area contributed by atoms with E-state index in [0.29, 0.717) is 23.1 Å². The van der Waals surface area contributed by atoms with Gasteiger partial charge >= 0.3 is 0 Å². The van der Waals surface area contributed by atoms with Gasteiger partial charge in [-0.2, -0.15) is 0 Å². The highest BCUT2D eigenvalue weighted by Crippen LogP contribution is 2.18. The first-order chi connectivity index (χ1) is 14.3. The zero-order valence-electron chi connectivity index (χ0n) is 18.2. The number of carbonyl (C=O) groups excluding carboxylic acids is 2. The van der Waals surface area contributed by atoms with E-state index in [1.165, 1.54) is 0 Å². The Morgan fingerprint density at radius 2 is 1.63 bits per heavy atom. The van der Waals surface area contributed by atoms with Gasteiger partial charge in [0.1, 0.15) is 6.04 Å². The maximum atomic E-state index is 13.1. The van der Waals surface area contributed by atoms with Crippen molar-refractivity contribution in [1.29, 1.82) is 0 Å². The number of thioether (sulfide) groups is 1. The number of aryl methyl sites for hydroxylation is 1. The Labute approximate surface area is 189 Å². The second-order valence-electron chi connectivity index (χ2n) is 7.62. The topological polar surface area (TPSA) is 49.4 Å². The fraction of sp³-hybridized carbons (Fsp3) is 0.417. The second-order valence-corrected chi connectivity index (χ2v) is 9.04. The lowest BCUT2D eigenvalue weighted by molar-refractivity contribution is -0.138. The van der Waals surface area contributed by atoms with Crippen molar-refractivity contribution in [3.05, 3.63) is 70.2 Å². The van der Waals surface area contributed by atoms with Gasteiger partial charge < -0.3 is 10.2 Å². The van der Waals surface area contributed by atoms with E-state index in [4.69, 9.17) is 11.6 Å². The molecule has 0 aliphatic heterocycles. The van der Waals surface area contributed by atoms with Crippen LogP contribution in [0.2, 0.25) is 5.02 Å². The largest absolute Gasteiger partial charge is 0.352 e. The Morgan fingerprint density at radius 1 is 1.03 bits per heavy atom. The lowest BCUT2D eigenvalue weighted by Gasteiger charge is -2.29. The highest BCUT2D eigenvalue weighted by atomic mass is 35.5. The molecule has 0 bridgehead atoms. The summed E-state index contributed by atoms with van der Waals surface area (Å²) in [6, 6.07) is 15.2. The molecule has 0 heterocycles. The fourth-order valence-electron chi connectivity index (χ4n) is 2.86. The van der Waals surface area contributed by atoms with Gasteiger partial charge in [0.2, 0.25) is 11.8 Å². The zero-order chi connectivity index (χ0) is 22.1. The SMILES string of the molecule is CC[C@H](C)NC(=O)[C@@H](C)N(Cc1ccc(C)cc1)C(=O)CSCc1ccc(Cl)cc1. The fourth-order valence-corrected chi connectivity index (χ4v) is 3.85. The number of nitrogens with zero attached hydrogens (tertiary/aromatic N) is 1. The number of hydrogen-bond donors (Lipinski definition) is 1. The Morgan fingerprint density at radius 3 is 2.23 bits per heavy atom. The van der Waals surface area contributed by atoms with Gasteiger partial charge in [-0.15, -0.1) is 11.8 Å². The number of amides is 2. The van der Waals surface area contributed by atoms with Gasteiger partial charge in [-0.25, -0.2) is 0 Å². The summed E-state index contributed by atoms with van der Waals surface area (Å²) in [6.07, 6.45) is 0.849. The number of nitrogens with one attached hydrogen (secondary N) is 1. The average Bonchev–Trinajstić information content (AvgIpc) is 2.74. The molecule has 0 aromatic heterocycles. The van der Waals surface area contributed by atoms with E-state index in [9.17, 15) is 9.59 Å². The number of hydrogen-bond acceptors (Lipinski definition) is 3. The Kier molecular flexibility index (Phi) is 9.73. The number of carbonyl (C=O) groups is 2. The van der Waals surface area contributed by atoms with Crippen LogP contribution in [0.5, 0.6) is 0 Å². The Bertz CT molecular complexity index is 824. The van der Waals surface area contributed by atoms with Crippen LogP contribution in [0, 0.1) is 6.92 Å². The van der Waals surface area contributed by atoms with Gasteiger partial charge in [0.15, 0.2) is 0 Å². The summed E-state index contributed by atoms with van der Waals surface area (Å²) >= 11 is 7.47. The quantitative estimate of drug-likeness (QED) is 0.544. The Hall–Kier alpha value is -1.98. The predicted octanol–water partition coefficient (Wildman–Crippen LogP) is 5.21. The van der Waals surface area contributed by atoms with Crippen molar-refractivity contribution in [3.8, 4) is 0 Å². The lowest BCUT2D eigenvalue weighted by Crippen LogP contribution is -2.50. The number of rotatable bonds is 10. The third kappa shape index (κ3) is 7.69. The first-order valence-electron chi connectivity index (χ1n) is 10.3. The summed E-state index contributed by atoms with van der Waals surface area (Å²) in [5.74, 6) is 0.873. The van der Waals surface area contributed by atoms with Crippen LogP contribution in [0.25, 0.3) is 0 Å². The van der Waals surface area contributed by atoms with Crippen LogP contribution in [0.3, 0.4) is 0 Å². The van der Waals surface area contributed by atoms with Gasteiger partial charge in [0.05, 0.1) is 5.75 Å². The third-order valence-corrected chi connectivity index (χ3v) is 6.29. The molecule has 30 heavy (non-hydrogen) atoms. The van der Waals surface area contributed by atoms with E-state index in [0.717, 1.165) is 23.1 Å². The maximum absolute atomic E-state index is 13.1. The molecule has 0 fully saturated rings. The molecule has 2 aromatic rings. The van der Waals surface area contributed by atoms with Gasteiger partial charge in [-0.1, -0.05) is 60.5 Å². The van der Waals surface area contributed by atoms with Crippen molar-refractivity contribution in [1.82, 2.24) is 10.2 Å². The molecule has 162 valence electrons. The molecule has 0 saturated carbocycles. The van der Waals surface area contributed by atoms with Crippen LogP contribution in [0.1, 0.15) is 43.9 Å². The summed E-state index contributed by atoms with van der Waals surface area (Å²) in [5, 5.41) is 3.69. The average molecular weight is 447 g/mol. The van der Waals surface area contributed by atoms with Crippen LogP contribution in [-0.4, -0.2) is 34.6 Å². The standard InChI is InChI=1S/C24H31ClN2O2S/c1-5-18(3)26-24(29)19(4)27(14-20-8-6-17(2)7-9-20)23(28)16-30-15-21-10-12-22(25)13-11-21/h6-13,18-19H,5,14-16H2,1-4H3,(H,26,29)/t18-,19+/m0/s1. The molecule has 0 aliphatic carbocycles. The van der Waals surface area contributed by atoms with Gasteiger partial charge in [0.25, 0.3) is 0 Å². The van der Waals surface area contributed by atoms with Gasteiger partial charge in [-0.05, 0) is 50.5 Å². The molecule has 0 spiro atoms. The molecule has 0 unspecified atom stereocenters.